The summed E-state index contributed by atoms with van der Waals surface area (Å²) in [6.07, 6.45) is 2.47. The molecular formula is C15H17N3O2. The molecule has 5 heteroatoms. The highest BCUT2D eigenvalue weighted by Crippen LogP contribution is 2.11. The van der Waals surface area contributed by atoms with Crippen LogP contribution < -0.4 is 4.90 Å². The lowest BCUT2D eigenvalue weighted by atomic mass is 10.1. The molecular weight excluding hydrogens is 254 g/mol. The van der Waals surface area contributed by atoms with E-state index in [9.17, 15) is 4.79 Å². The van der Waals surface area contributed by atoms with Gasteiger partial charge in [0.25, 0.3) is 0 Å². The van der Waals surface area contributed by atoms with Crippen LogP contribution in [-0.2, 0) is 11.2 Å². The number of hydrogen-bond acceptors (Lipinski definition) is 4. The number of aromatic nitrogens is 2. The van der Waals surface area contributed by atoms with E-state index < -0.39 is 5.97 Å². The van der Waals surface area contributed by atoms with Gasteiger partial charge in [0.2, 0.25) is 0 Å². The second-order valence-corrected chi connectivity index (χ2v) is 4.56. The third-order valence-electron chi connectivity index (χ3n) is 2.95. The molecule has 0 aliphatic heterocycles. The normalized spacial score (nSPS) is 10.2. The minimum absolute atomic E-state index is 0.0918. The van der Waals surface area contributed by atoms with Gasteiger partial charge in [-0.3, -0.25) is 4.79 Å². The van der Waals surface area contributed by atoms with E-state index in [1.54, 1.807) is 12.3 Å². The fourth-order valence-corrected chi connectivity index (χ4v) is 1.84. The molecule has 1 heterocycles. The molecule has 0 amide bonds. The standard InChI is InChI=1S/C15H17N3O2/c1-18(10-8-15(19)20)14-7-9-16-13(17-14)11-12-5-3-2-4-6-12/h2-7,9H,8,10-11H2,1H3,(H,19,20). The number of aliphatic carboxylic acids is 1. The molecule has 0 bridgehead atoms. The van der Waals surface area contributed by atoms with Gasteiger partial charge >= 0.3 is 5.97 Å². The zero-order valence-corrected chi connectivity index (χ0v) is 11.4. The van der Waals surface area contributed by atoms with Gasteiger partial charge in [-0.15, -0.1) is 0 Å². The summed E-state index contributed by atoms with van der Waals surface area (Å²) in [7, 11) is 1.83. The first kappa shape index (κ1) is 14.0. The van der Waals surface area contributed by atoms with Gasteiger partial charge in [-0.2, -0.15) is 0 Å². The number of carbonyl (C=O) groups is 1. The minimum Gasteiger partial charge on any atom is -0.481 e. The van der Waals surface area contributed by atoms with Crippen LogP contribution in [0, 0.1) is 0 Å². The van der Waals surface area contributed by atoms with Crippen LogP contribution in [0.15, 0.2) is 42.6 Å². The van der Waals surface area contributed by atoms with Crippen molar-refractivity contribution in [3.05, 3.63) is 54.0 Å². The molecule has 1 N–H and O–H groups in total. The molecule has 0 fully saturated rings. The molecule has 20 heavy (non-hydrogen) atoms. The van der Waals surface area contributed by atoms with Crippen LogP contribution in [0.3, 0.4) is 0 Å². The largest absolute Gasteiger partial charge is 0.481 e. The molecule has 1 aromatic carbocycles. The lowest BCUT2D eigenvalue weighted by Gasteiger charge is -2.17. The molecule has 0 saturated carbocycles. The highest BCUT2D eigenvalue weighted by Gasteiger charge is 2.07. The zero-order valence-electron chi connectivity index (χ0n) is 11.4. The molecule has 2 rings (SSSR count). The van der Waals surface area contributed by atoms with Crippen molar-refractivity contribution in [2.45, 2.75) is 12.8 Å². The first-order valence-electron chi connectivity index (χ1n) is 6.44. The van der Waals surface area contributed by atoms with Crippen molar-refractivity contribution in [3.8, 4) is 0 Å². The Kier molecular flexibility index (Phi) is 4.65. The molecule has 1 aromatic heterocycles. The predicted molar refractivity (Wildman–Crippen MR) is 76.8 cm³/mol. The average Bonchev–Trinajstić information content (AvgIpc) is 2.46. The summed E-state index contributed by atoms with van der Waals surface area (Å²) in [5.41, 5.74) is 1.15. The first-order chi connectivity index (χ1) is 9.65. The third kappa shape index (κ3) is 4.05. The fraction of sp³-hybridized carbons (Fsp3) is 0.267. The quantitative estimate of drug-likeness (QED) is 0.870. The van der Waals surface area contributed by atoms with Gasteiger partial charge in [-0.25, -0.2) is 9.97 Å². The summed E-state index contributed by atoms with van der Waals surface area (Å²) in [5, 5.41) is 8.70. The smallest absolute Gasteiger partial charge is 0.305 e. The molecule has 0 unspecified atom stereocenters. The molecule has 0 aliphatic rings. The maximum Gasteiger partial charge on any atom is 0.305 e. The summed E-state index contributed by atoms with van der Waals surface area (Å²) in [5.74, 6) is 0.665. The molecule has 0 radical (unpaired) electrons. The topological polar surface area (TPSA) is 66.3 Å². The number of benzene rings is 1. The van der Waals surface area contributed by atoms with Crippen LogP contribution in [0.2, 0.25) is 0 Å². The Hall–Kier alpha value is -2.43. The van der Waals surface area contributed by atoms with Gasteiger partial charge < -0.3 is 10.0 Å². The molecule has 104 valence electrons. The lowest BCUT2D eigenvalue weighted by Crippen LogP contribution is -2.22. The van der Waals surface area contributed by atoms with Crippen molar-refractivity contribution in [3.63, 3.8) is 0 Å². The fourth-order valence-electron chi connectivity index (χ4n) is 1.84. The summed E-state index contributed by atoms with van der Waals surface area (Å²) in [6.45, 7) is 0.428. The van der Waals surface area contributed by atoms with E-state index >= 15 is 0 Å². The molecule has 0 saturated heterocycles. The maximum absolute atomic E-state index is 10.6. The zero-order chi connectivity index (χ0) is 14.4. The number of rotatable bonds is 6. The highest BCUT2D eigenvalue weighted by molar-refractivity contribution is 5.67. The van der Waals surface area contributed by atoms with Gasteiger partial charge in [0.15, 0.2) is 0 Å². The number of carboxylic acid groups (broad SMARTS) is 1. The van der Waals surface area contributed by atoms with Crippen molar-refractivity contribution in [1.29, 1.82) is 0 Å². The Morgan fingerprint density at radius 2 is 2.00 bits per heavy atom. The molecule has 0 aliphatic carbocycles. The maximum atomic E-state index is 10.6. The average molecular weight is 271 g/mol. The Balaban J connectivity index is 2.05. The van der Waals surface area contributed by atoms with Crippen LogP contribution >= 0.6 is 0 Å². The molecule has 0 atom stereocenters. The van der Waals surface area contributed by atoms with Gasteiger partial charge in [-0.1, -0.05) is 30.3 Å². The summed E-state index contributed by atoms with van der Waals surface area (Å²) in [4.78, 5) is 21.1. The van der Waals surface area contributed by atoms with Gasteiger partial charge in [-0.05, 0) is 11.6 Å². The van der Waals surface area contributed by atoms with E-state index in [0.29, 0.717) is 13.0 Å². The van der Waals surface area contributed by atoms with E-state index in [0.717, 1.165) is 17.2 Å². The number of nitrogens with zero attached hydrogens (tertiary/aromatic N) is 3. The Bertz CT molecular complexity index is 572. The van der Waals surface area contributed by atoms with E-state index in [1.807, 2.05) is 42.3 Å². The summed E-state index contributed by atoms with van der Waals surface area (Å²) in [6, 6.07) is 11.8. The third-order valence-corrected chi connectivity index (χ3v) is 2.95. The first-order valence-corrected chi connectivity index (χ1v) is 6.44. The SMILES string of the molecule is CN(CCC(=O)O)c1ccnc(Cc2ccccc2)n1. The van der Waals surface area contributed by atoms with Gasteiger partial charge in [0.1, 0.15) is 11.6 Å². The van der Waals surface area contributed by atoms with E-state index in [-0.39, 0.29) is 6.42 Å². The minimum atomic E-state index is -0.810. The number of hydrogen-bond donors (Lipinski definition) is 1. The molecule has 0 spiro atoms. The van der Waals surface area contributed by atoms with Crippen molar-refractivity contribution in [1.82, 2.24) is 9.97 Å². The molecule has 5 nitrogen and oxygen atoms in total. The van der Waals surface area contributed by atoms with Crippen molar-refractivity contribution >= 4 is 11.8 Å². The van der Waals surface area contributed by atoms with Crippen LogP contribution in [0.5, 0.6) is 0 Å². The Morgan fingerprint density at radius 3 is 2.70 bits per heavy atom. The van der Waals surface area contributed by atoms with Gasteiger partial charge in [0.05, 0.1) is 6.42 Å². The van der Waals surface area contributed by atoms with Crippen LogP contribution in [0.25, 0.3) is 0 Å². The van der Waals surface area contributed by atoms with Crippen molar-refractivity contribution < 1.29 is 9.90 Å². The van der Waals surface area contributed by atoms with Crippen LogP contribution in [0.1, 0.15) is 17.8 Å². The monoisotopic (exact) mass is 271 g/mol. The van der Waals surface area contributed by atoms with E-state index in [1.165, 1.54) is 0 Å². The second-order valence-electron chi connectivity index (χ2n) is 4.56. The highest BCUT2D eigenvalue weighted by atomic mass is 16.4. The Labute approximate surface area is 117 Å². The lowest BCUT2D eigenvalue weighted by molar-refractivity contribution is -0.136. The summed E-state index contributed by atoms with van der Waals surface area (Å²) < 4.78 is 0. The predicted octanol–water partition coefficient (Wildman–Crippen LogP) is 1.98. The van der Waals surface area contributed by atoms with Crippen LogP contribution in [0.4, 0.5) is 5.82 Å². The summed E-state index contributed by atoms with van der Waals surface area (Å²) >= 11 is 0. The van der Waals surface area contributed by atoms with Crippen molar-refractivity contribution in [2.75, 3.05) is 18.5 Å². The van der Waals surface area contributed by atoms with Crippen molar-refractivity contribution in [2.24, 2.45) is 0 Å². The van der Waals surface area contributed by atoms with E-state index in [2.05, 4.69) is 9.97 Å². The Morgan fingerprint density at radius 1 is 1.25 bits per heavy atom. The van der Waals surface area contributed by atoms with Gasteiger partial charge in [0, 0.05) is 26.2 Å². The molecule has 2 aromatic rings. The van der Waals surface area contributed by atoms with Crippen LogP contribution in [-0.4, -0.2) is 34.6 Å². The number of anilines is 1. The second kappa shape index (κ2) is 6.65. The number of carboxylic acids is 1. The van der Waals surface area contributed by atoms with E-state index in [4.69, 9.17) is 5.11 Å².